The van der Waals surface area contributed by atoms with Crippen molar-refractivity contribution >= 4 is 10.2 Å². The first-order valence-corrected chi connectivity index (χ1v) is 9.41. The quantitative estimate of drug-likeness (QED) is 0.818. The van der Waals surface area contributed by atoms with Gasteiger partial charge < -0.3 is 9.47 Å². The largest absolute Gasteiger partial charge is 0.377 e. The molecule has 23 heavy (non-hydrogen) atoms. The molecule has 1 aromatic rings. The van der Waals surface area contributed by atoms with E-state index in [1.54, 1.807) is 0 Å². The fraction of sp³-hybridized carbons (Fsp3) is 0.625. The van der Waals surface area contributed by atoms with Crippen molar-refractivity contribution < 1.29 is 17.9 Å². The number of nitrogens with zero attached hydrogens (tertiary/aromatic N) is 1. The van der Waals surface area contributed by atoms with Crippen molar-refractivity contribution in [2.45, 2.75) is 46.1 Å². The standard InChI is InChI=1S/C16H26N2O4S/c1-4-21-12-16-8-6-5-7-15(16)9-17-23(19,20)18-10-13(2)22-14(3)11-18/h5-8,13-14,17H,4,9-12H2,1-3H3/t13-,14-/m1/s1. The number of benzene rings is 1. The molecule has 0 aliphatic carbocycles. The van der Waals surface area contributed by atoms with Crippen LogP contribution in [0.3, 0.4) is 0 Å². The van der Waals surface area contributed by atoms with E-state index in [9.17, 15) is 8.42 Å². The van der Waals surface area contributed by atoms with Crippen LogP contribution in [0.5, 0.6) is 0 Å². The predicted octanol–water partition coefficient (Wildman–Crippen LogP) is 1.67. The fourth-order valence-electron chi connectivity index (χ4n) is 2.67. The van der Waals surface area contributed by atoms with Gasteiger partial charge in [0.25, 0.3) is 10.2 Å². The van der Waals surface area contributed by atoms with Gasteiger partial charge in [0.05, 0.1) is 18.8 Å². The molecule has 2 rings (SSSR count). The number of ether oxygens (including phenoxy) is 2. The van der Waals surface area contributed by atoms with Gasteiger partial charge in [0, 0.05) is 26.2 Å². The molecule has 1 aliphatic heterocycles. The third-order valence-corrected chi connectivity index (χ3v) is 5.24. The van der Waals surface area contributed by atoms with Crippen LogP contribution in [0.1, 0.15) is 31.9 Å². The number of morpholine rings is 1. The average Bonchev–Trinajstić information content (AvgIpc) is 2.51. The van der Waals surface area contributed by atoms with Gasteiger partial charge in [-0.2, -0.15) is 17.4 Å². The van der Waals surface area contributed by atoms with Gasteiger partial charge in [-0.1, -0.05) is 24.3 Å². The topological polar surface area (TPSA) is 67.9 Å². The van der Waals surface area contributed by atoms with Crippen LogP contribution in [0.15, 0.2) is 24.3 Å². The molecule has 130 valence electrons. The van der Waals surface area contributed by atoms with Gasteiger partial charge in [-0.15, -0.1) is 0 Å². The number of hydrogen-bond donors (Lipinski definition) is 1. The molecule has 0 aromatic heterocycles. The summed E-state index contributed by atoms with van der Waals surface area (Å²) in [7, 11) is -3.52. The maximum atomic E-state index is 12.5. The molecule has 7 heteroatoms. The smallest absolute Gasteiger partial charge is 0.279 e. The normalized spacial score (nSPS) is 23.1. The summed E-state index contributed by atoms with van der Waals surface area (Å²) in [6.07, 6.45) is -0.193. The Bertz CT molecular complexity index is 596. The van der Waals surface area contributed by atoms with Crippen LogP contribution in [0.4, 0.5) is 0 Å². The van der Waals surface area contributed by atoms with Crippen molar-refractivity contribution in [2.24, 2.45) is 0 Å². The van der Waals surface area contributed by atoms with E-state index >= 15 is 0 Å². The second-order valence-electron chi connectivity index (χ2n) is 5.81. The van der Waals surface area contributed by atoms with Crippen molar-refractivity contribution in [1.29, 1.82) is 0 Å². The molecule has 0 amide bonds. The maximum absolute atomic E-state index is 12.5. The minimum Gasteiger partial charge on any atom is -0.377 e. The zero-order chi connectivity index (χ0) is 16.9. The van der Waals surface area contributed by atoms with Crippen molar-refractivity contribution in [2.75, 3.05) is 19.7 Å². The molecule has 1 saturated heterocycles. The summed E-state index contributed by atoms with van der Waals surface area (Å²) >= 11 is 0. The Morgan fingerprint density at radius 3 is 2.43 bits per heavy atom. The summed E-state index contributed by atoms with van der Waals surface area (Å²) in [5.74, 6) is 0. The second kappa shape index (κ2) is 8.21. The molecule has 0 spiro atoms. The Morgan fingerprint density at radius 1 is 1.22 bits per heavy atom. The first-order chi connectivity index (χ1) is 10.9. The lowest BCUT2D eigenvalue weighted by molar-refractivity contribution is -0.0444. The number of hydrogen-bond acceptors (Lipinski definition) is 4. The lowest BCUT2D eigenvalue weighted by atomic mass is 10.1. The van der Waals surface area contributed by atoms with Gasteiger partial charge in [0.1, 0.15) is 0 Å². The molecule has 1 N–H and O–H groups in total. The molecule has 1 fully saturated rings. The Balaban J connectivity index is 2.02. The van der Waals surface area contributed by atoms with Crippen LogP contribution in [-0.2, 0) is 32.8 Å². The van der Waals surface area contributed by atoms with Crippen molar-refractivity contribution in [1.82, 2.24) is 9.03 Å². The van der Waals surface area contributed by atoms with E-state index in [4.69, 9.17) is 9.47 Å². The highest BCUT2D eigenvalue weighted by molar-refractivity contribution is 7.87. The minimum absolute atomic E-state index is 0.0967. The molecular formula is C16H26N2O4S. The third kappa shape index (κ3) is 5.26. The van der Waals surface area contributed by atoms with Crippen LogP contribution in [-0.4, -0.2) is 44.6 Å². The summed E-state index contributed by atoms with van der Waals surface area (Å²) < 4.78 is 40.2. The van der Waals surface area contributed by atoms with E-state index in [0.29, 0.717) is 26.3 Å². The monoisotopic (exact) mass is 342 g/mol. The number of nitrogens with one attached hydrogen (secondary N) is 1. The third-order valence-electron chi connectivity index (χ3n) is 3.75. The first-order valence-electron chi connectivity index (χ1n) is 7.97. The number of rotatable bonds is 7. The lowest BCUT2D eigenvalue weighted by Gasteiger charge is -2.34. The van der Waals surface area contributed by atoms with E-state index in [0.717, 1.165) is 11.1 Å². The first kappa shape index (κ1) is 18.4. The van der Waals surface area contributed by atoms with Gasteiger partial charge in [-0.05, 0) is 31.9 Å². The molecular weight excluding hydrogens is 316 g/mol. The van der Waals surface area contributed by atoms with E-state index < -0.39 is 10.2 Å². The van der Waals surface area contributed by atoms with E-state index in [2.05, 4.69) is 4.72 Å². The van der Waals surface area contributed by atoms with Gasteiger partial charge in [0.15, 0.2) is 0 Å². The lowest BCUT2D eigenvalue weighted by Crippen LogP contribution is -2.51. The minimum atomic E-state index is -3.52. The summed E-state index contributed by atoms with van der Waals surface area (Å²) in [5, 5.41) is 0. The van der Waals surface area contributed by atoms with Crippen molar-refractivity contribution in [3.8, 4) is 0 Å². The average molecular weight is 342 g/mol. The van der Waals surface area contributed by atoms with Crippen molar-refractivity contribution in [3.63, 3.8) is 0 Å². The SMILES string of the molecule is CCOCc1ccccc1CNS(=O)(=O)N1C[C@@H](C)O[C@H](C)C1. The highest BCUT2D eigenvalue weighted by Gasteiger charge is 2.30. The van der Waals surface area contributed by atoms with E-state index in [1.165, 1.54) is 4.31 Å². The second-order valence-corrected chi connectivity index (χ2v) is 7.56. The van der Waals surface area contributed by atoms with Crippen molar-refractivity contribution in [3.05, 3.63) is 35.4 Å². The van der Waals surface area contributed by atoms with Crippen LogP contribution in [0, 0.1) is 0 Å². The van der Waals surface area contributed by atoms with Crippen LogP contribution in [0.25, 0.3) is 0 Å². The Morgan fingerprint density at radius 2 is 1.83 bits per heavy atom. The van der Waals surface area contributed by atoms with Crippen LogP contribution in [0.2, 0.25) is 0 Å². The van der Waals surface area contributed by atoms with Crippen LogP contribution >= 0.6 is 0 Å². The van der Waals surface area contributed by atoms with E-state index in [1.807, 2.05) is 45.0 Å². The zero-order valence-corrected chi connectivity index (χ0v) is 14.8. The highest BCUT2D eigenvalue weighted by Crippen LogP contribution is 2.15. The highest BCUT2D eigenvalue weighted by atomic mass is 32.2. The van der Waals surface area contributed by atoms with E-state index in [-0.39, 0.29) is 18.8 Å². The van der Waals surface area contributed by atoms with Crippen LogP contribution < -0.4 is 4.72 Å². The fourth-order valence-corrected chi connectivity index (χ4v) is 4.00. The molecule has 2 atom stereocenters. The van der Waals surface area contributed by atoms with Gasteiger partial charge in [-0.3, -0.25) is 0 Å². The van der Waals surface area contributed by atoms with Gasteiger partial charge >= 0.3 is 0 Å². The summed E-state index contributed by atoms with van der Waals surface area (Å²) in [5.41, 5.74) is 1.93. The summed E-state index contributed by atoms with van der Waals surface area (Å²) in [6.45, 7) is 7.83. The summed E-state index contributed by atoms with van der Waals surface area (Å²) in [6, 6.07) is 7.70. The maximum Gasteiger partial charge on any atom is 0.279 e. The Kier molecular flexibility index (Phi) is 6.55. The molecule has 1 heterocycles. The molecule has 0 radical (unpaired) electrons. The molecule has 1 aliphatic rings. The summed E-state index contributed by atoms with van der Waals surface area (Å²) in [4.78, 5) is 0. The molecule has 6 nitrogen and oxygen atoms in total. The molecule has 0 bridgehead atoms. The zero-order valence-electron chi connectivity index (χ0n) is 14.0. The van der Waals surface area contributed by atoms with Gasteiger partial charge in [-0.25, -0.2) is 0 Å². The molecule has 0 saturated carbocycles. The van der Waals surface area contributed by atoms with Gasteiger partial charge in [0.2, 0.25) is 0 Å². The Labute approximate surface area is 139 Å². The molecule has 1 aromatic carbocycles. The predicted molar refractivity (Wildman–Crippen MR) is 89.1 cm³/mol. The molecule has 0 unspecified atom stereocenters. The Hall–Kier alpha value is -0.990.